The van der Waals surface area contributed by atoms with E-state index in [9.17, 15) is 21.6 Å². The van der Waals surface area contributed by atoms with E-state index in [2.05, 4.69) is 5.32 Å². The molecule has 1 aliphatic rings. The van der Waals surface area contributed by atoms with Crippen LogP contribution in [0.15, 0.2) is 75.1 Å². The molecule has 0 unspecified atom stereocenters. The Kier molecular flexibility index (Phi) is 6.57. The second kappa shape index (κ2) is 9.26. The molecule has 2 heterocycles. The van der Waals surface area contributed by atoms with Crippen LogP contribution in [-0.4, -0.2) is 47.2 Å². The Bertz CT molecular complexity index is 1330. The maximum absolute atomic E-state index is 12.6. The number of anilines is 2. The van der Waals surface area contributed by atoms with E-state index in [1.165, 1.54) is 39.9 Å². The molecule has 1 saturated heterocycles. The molecule has 1 fully saturated rings. The molecular weight excluding hydrogens is 482 g/mol. The van der Waals surface area contributed by atoms with Gasteiger partial charge in [-0.25, -0.2) is 16.8 Å². The first-order valence-electron chi connectivity index (χ1n) is 10.2. The van der Waals surface area contributed by atoms with E-state index in [0.717, 1.165) is 24.2 Å². The molecule has 4 rings (SSSR count). The highest BCUT2D eigenvalue weighted by Gasteiger charge is 2.27. The van der Waals surface area contributed by atoms with Crippen molar-refractivity contribution in [3.05, 3.63) is 71.6 Å². The number of rotatable bonds is 7. The highest BCUT2D eigenvalue weighted by molar-refractivity contribution is 7.94. The number of nitrogens with zero attached hydrogens (tertiary/aromatic N) is 2. The lowest BCUT2D eigenvalue weighted by Crippen LogP contribution is -2.27. The van der Waals surface area contributed by atoms with Crippen LogP contribution in [0.5, 0.6) is 0 Å². The van der Waals surface area contributed by atoms with Crippen molar-refractivity contribution >= 4 is 48.7 Å². The molecule has 1 aliphatic heterocycles. The molecule has 1 amide bonds. The van der Waals surface area contributed by atoms with Crippen LogP contribution in [0.25, 0.3) is 0 Å². The summed E-state index contributed by atoms with van der Waals surface area (Å²) in [7, 11) is -5.70. The topological polar surface area (TPSA) is 104 Å². The van der Waals surface area contributed by atoms with Gasteiger partial charge in [-0.3, -0.25) is 9.10 Å². The fourth-order valence-corrected chi connectivity index (χ4v) is 7.37. The Morgan fingerprint density at radius 2 is 1.58 bits per heavy atom. The lowest BCUT2D eigenvalue weighted by Gasteiger charge is -2.18. The highest BCUT2D eigenvalue weighted by Crippen LogP contribution is 2.26. The van der Waals surface area contributed by atoms with Gasteiger partial charge in [0, 0.05) is 31.4 Å². The molecule has 0 atom stereocenters. The third kappa shape index (κ3) is 4.81. The number of carbonyl (C=O) groups is 1. The van der Waals surface area contributed by atoms with Crippen LogP contribution < -0.4 is 9.62 Å². The fraction of sp³-hybridized carbons (Fsp3) is 0.227. The first-order chi connectivity index (χ1) is 15.7. The minimum absolute atomic E-state index is 0.196. The minimum atomic E-state index is -3.65. The van der Waals surface area contributed by atoms with Crippen LogP contribution in [0.4, 0.5) is 11.4 Å². The summed E-state index contributed by atoms with van der Waals surface area (Å²) in [6.45, 7) is 1.06. The van der Waals surface area contributed by atoms with E-state index in [1.54, 1.807) is 41.8 Å². The van der Waals surface area contributed by atoms with Crippen molar-refractivity contribution in [3.8, 4) is 0 Å². The van der Waals surface area contributed by atoms with Crippen LogP contribution in [-0.2, 0) is 20.0 Å². The molecule has 11 heteroatoms. The average Bonchev–Trinajstić information content (AvgIpc) is 3.54. The number of sulfonamides is 2. The van der Waals surface area contributed by atoms with Gasteiger partial charge in [0.15, 0.2) is 0 Å². The van der Waals surface area contributed by atoms with Crippen molar-refractivity contribution in [2.24, 2.45) is 0 Å². The first-order valence-corrected chi connectivity index (χ1v) is 14.0. The zero-order chi connectivity index (χ0) is 23.6. The van der Waals surface area contributed by atoms with Gasteiger partial charge in [0.25, 0.3) is 15.9 Å². The van der Waals surface area contributed by atoms with Gasteiger partial charge < -0.3 is 5.32 Å². The lowest BCUT2D eigenvalue weighted by atomic mass is 10.2. The highest BCUT2D eigenvalue weighted by atomic mass is 32.2. The van der Waals surface area contributed by atoms with E-state index in [1.807, 2.05) is 0 Å². The third-order valence-electron chi connectivity index (χ3n) is 5.42. The molecule has 0 saturated carbocycles. The van der Waals surface area contributed by atoms with Gasteiger partial charge in [0.1, 0.15) is 4.21 Å². The van der Waals surface area contributed by atoms with Gasteiger partial charge in [-0.2, -0.15) is 4.31 Å². The van der Waals surface area contributed by atoms with Crippen LogP contribution in [0, 0.1) is 0 Å². The van der Waals surface area contributed by atoms with Crippen LogP contribution in [0.1, 0.15) is 23.2 Å². The summed E-state index contributed by atoms with van der Waals surface area (Å²) in [5.74, 6) is -0.388. The molecule has 0 aliphatic carbocycles. The summed E-state index contributed by atoms with van der Waals surface area (Å²) in [5, 5.41) is 4.43. The van der Waals surface area contributed by atoms with Crippen molar-refractivity contribution in [2.45, 2.75) is 21.9 Å². The number of thiophene rings is 1. The Labute approximate surface area is 197 Å². The zero-order valence-corrected chi connectivity index (χ0v) is 20.3. The molecule has 2 aromatic carbocycles. The maximum Gasteiger partial charge on any atom is 0.273 e. The second-order valence-corrected chi connectivity index (χ2v) is 12.6. The predicted octanol–water partition coefficient (Wildman–Crippen LogP) is 3.61. The molecule has 174 valence electrons. The van der Waals surface area contributed by atoms with Crippen molar-refractivity contribution in [3.63, 3.8) is 0 Å². The molecule has 33 heavy (non-hydrogen) atoms. The summed E-state index contributed by atoms with van der Waals surface area (Å²) >= 11 is 1.14. The third-order valence-corrected chi connectivity index (χ3v) is 10.5. The quantitative estimate of drug-likeness (QED) is 0.528. The number of hydrogen-bond donors (Lipinski definition) is 1. The van der Waals surface area contributed by atoms with Crippen LogP contribution in [0.3, 0.4) is 0 Å². The van der Waals surface area contributed by atoms with Crippen LogP contribution in [0.2, 0.25) is 0 Å². The molecule has 1 aromatic heterocycles. The number of hydrogen-bond acceptors (Lipinski definition) is 6. The standard InChI is InChI=1S/C22H23N3O5S3/c1-24(33(29,30)21-5-4-16-31-21)19-10-6-17(7-11-19)22(26)23-18-8-12-20(13-9-18)32(27,28)25-14-2-3-15-25/h4-13,16H,2-3,14-15H2,1H3,(H,23,26). The van der Waals surface area contributed by atoms with E-state index >= 15 is 0 Å². The molecule has 1 N–H and O–H groups in total. The van der Waals surface area contributed by atoms with Crippen molar-refractivity contribution in [1.29, 1.82) is 0 Å². The number of nitrogens with one attached hydrogen (secondary N) is 1. The van der Waals surface area contributed by atoms with Gasteiger partial charge in [-0.05, 0) is 72.8 Å². The van der Waals surface area contributed by atoms with E-state index in [-0.39, 0.29) is 15.0 Å². The molecule has 0 spiro atoms. The summed E-state index contributed by atoms with van der Waals surface area (Å²) in [6.07, 6.45) is 1.73. The second-order valence-electron chi connectivity index (χ2n) is 7.54. The lowest BCUT2D eigenvalue weighted by molar-refractivity contribution is 0.102. The SMILES string of the molecule is CN(c1ccc(C(=O)Nc2ccc(S(=O)(=O)N3CCCC3)cc2)cc1)S(=O)(=O)c1cccs1. The van der Waals surface area contributed by atoms with Gasteiger partial charge >= 0.3 is 0 Å². The largest absolute Gasteiger partial charge is 0.322 e. The number of amides is 1. The van der Waals surface area contributed by atoms with Crippen LogP contribution >= 0.6 is 11.3 Å². The Hall–Kier alpha value is -2.73. The van der Waals surface area contributed by atoms with Gasteiger partial charge in [0.05, 0.1) is 10.6 Å². The summed E-state index contributed by atoms with van der Waals surface area (Å²) in [6, 6.07) is 15.5. The summed E-state index contributed by atoms with van der Waals surface area (Å²) < 4.78 is 53.4. The average molecular weight is 506 g/mol. The zero-order valence-electron chi connectivity index (χ0n) is 17.8. The Morgan fingerprint density at radius 3 is 2.15 bits per heavy atom. The Morgan fingerprint density at radius 1 is 0.939 bits per heavy atom. The summed E-state index contributed by atoms with van der Waals surface area (Å²) in [5.41, 5.74) is 1.23. The maximum atomic E-state index is 12.6. The number of benzene rings is 2. The van der Waals surface area contributed by atoms with Gasteiger partial charge in [-0.1, -0.05) is 6.07 Å². The van der Waals surface area contributed by atoms with Crippen molar-refractivity contribution in [2.75, 3.05) is 29.8 Å². The van der Waals surface area contributed by atoms with E-state index in [4.69, 9.17) is 0 Å². The smallest absolute Gasteiger partial charge is 0.273 e. The summed E-state index contributed by atoms with van der Waals surface area (Å²) in [4.78, 5) is 12.8. The predicted molar refractivity (Wildman–Crippen MR) is 129 cm³/mol. The Balaban J connectivity index is 1.44. The molecule has 3 aromatic rings. The van der Waals surface area contributed by atoms with E-state index in [0.29, 0.717) is 30.0 Å². The van der Waals surface area contributed by atoms with Crippen molar-refractivity contribution in [1.82, 2.24) is 4.31 Å². The molecule has 0 radical (unpaired) electrons. The monoisotopic (exact) mass is 505 g/mol. The normalized spacial score (nSPS) is 14.8. The number of carbonyl (C=O) groups excluding carboxylic acids is 1. The van der Waals surface area contributed by atoms with Crippen molar-refractivity contribution < 1.29 is 21.6 Å². The molecule has 0 bridgehead atoms. The van der Waals surface area contributed by atoms with E-state index < -0.39 is 20.0 Å². The molecule has 8 nitrogen and oxygen atoms in total. The van der Waals surface area contributed by atoms with Gasteiger partial charge in [-0.15, -0.1) is 11.3 Å². The molecular formula is C22H23N3O5S3. The van der Waals surface area contributed by atoms with Gasteiger partial charge in [0.2, 0.25) is 10.0 Å². The fourth-order valence-electron chi connectivity index (χ4n) is 3.50. The minimum Gasteiger partial charge on any atom is -0.322 e. The first kappa shape index (κ1) is 23.4.